The summed E-state index contributed by atoms with van der Waals surface area (Å²) in [5, 5.41) is 12.5. The number of aliphatic hydroxyl groups excluding tert-OH is 1. The number of nitrogens with one attached hydrogen (secondary N) is 1. The fourth-order valence-corrected chi connectivity index (χ4v) is 2.59. The van der Waals surface area contributed by atoms with Gasteiger partial charge in [0.25, 0.3) is 0 Å². The molecule has 1 aromatic rings. The molecule has 2 atom stereocenters. The van der Waals surface area contributed by atoms with Gasteiger partial charge in [-0.1, -0.05) is 30.3 Å². The Morgan fingerprint density at radius 3 is 2.81 bits per heavy atom. The Morgan fingerprint density at radius 2 is 2.06 bits per heavy atom. The topological polar surface area (TPSA) is 32.3 Å². The van der Waals surface area contributed by atoms with Crippen LogP contribution in [0.5, 0.6) is 0 Å². The number of benzene rings is 1. The van der Waals surface area contributed by atoms with Gasteiger partial charge in [-0.2, -0.15) is 0 Å². The number of hydrogen-bond donors (Lipinski definition) is 2. The molecule has 0 spiro atoms. The molecule has 1 fully saturated rings. The zero-order chi connectivity index (χ0) is 11.2. The van der Waals surface area contributed by atoms with E-state index >= 15 is 0 Å². The van der Waals surface area contributed by atoms with Gasteiger partial charge in [0.1, 0.15) is 0 Å². The second-order valence-corrected chi connectivity index (χ2v) is 4.74. The van der Waals surface area contributed by atoms with Crippen molar-refractivity contribution in [3.8, 4) is 0 Å². The van der Waals surface area contributed by atoms with Gasteiger partial charge in [0.15, 0.2) is 0 Å². The molecule has 0 radical (unpaired) electrons. The minimum Gasteiger partial charge on any atom is -0.396 e. The van der Waals surface area contributed by atoms with Crippen LogP contribution >= 0.6 is 0 Å². The van der Waals surface area contributed by atoms with Crippen molar-refractivity contribution in [3.05, 3.63) is 35.9 Å². The summed E-state index contributed by atoms with van der Waals surface area (Å²) in [7, 11) is 0. The zero-order valence-corrected chi connectivity index (χ0v) is 9.73. The molecule has 1 heterocycles. The van der Waals surface area contributed by atoms with Gasteiger partial charge in [0.2, 0.25) is 0 Å². The van der Waals surface area contributed by atoms with Crippen LogP contribution in [0.15, 0.2) is 30.3 Å². The van der Waals surface area contributed by atoms with Gasteiger partial charge in [-0.3, -0.25) is 0 Å². The van der Waals surface area contributed by atoms with E-state index in [4.69, 9.17) is 5.11 Å². The number of aliphatic hydroxyl groups is 1. The maximum atomic E-state index is 8.97. The summed E-state index contributed by atoms with van der Waals surface area (Å²) in [6.45, 7) is 1.44. The summed E-state index contributed by atoms with van der Waals surface area (Å²) in [5.41, 5.74) is 1.41. The van der Waals surface area contributed by atoms with Gasteiger partial charge < -0.3 is 10.4 Å². The Bertz CT molecular complexity index is 297. The van der Waals surface area contributed by atoms with E-state index in [9.17, 15) is 0 Å². The molecule has 0 aromatic heterocycles. The van der Waals surface area contributed by atoms with E-state index in [1.54, 1.807) is 0 Å². The smallest absolute Gasteiger partial charge is 0.0433 e. The lowest BCUT2D eigenvalue weighted by Gasteiger charge is -2.30. The van der Waals surface area contributed by atoms with Crippen molar-refractivity contribution < 1.29 is 5.11 Å². The van der Waals surface area contributed by atoms with Gasteiger partial charge in [0.05, 0.1) is 0 Å². The monoisotopic (exact) mass is 219 g/mol. The molecule has 0 bridgehead atoms. The highest BCUT2D eigenvalue weighted by Gasteiger charge is 2.20. The highest BCUT2D eigenvalue weighted by molar-refractivity contribution is 5.16. The number of piperidine rings is 1. The minimum atomic E-state index is 0.336. The van der Waals surface area contributed by atoms with Gasteiger partial charge >= 0.3 is 0 Å². The summed E-state index contributed by atoms with van der Waals surface area (Å²) in [5.74, 6) is 0.708. The summed E-state index contributed by atoms with van der Waals surface area (Å²) in [6.07, 6.45) is 4.50. The van der Waals surface area contributed by atoms with Crippen LogP contribution in [-0.2, 0) is 6.42 Å². The first-order valence-corrected chi connectivity index (χ1v) is 6.26. The highest BCUT2D eigenvalue weighted by Crippen LogP contribution is 2.21. The third kappa shape index (κ3) is 3.32. The van der Waals surface area contributed by atoms with Gasteiger partial charge in [-0.05, 0) is 43.7 Å². The maximum Gasteiger partial charge on any atom is 0.0433 e. The van der Waals surface area contributed by atoms with Crippen LogP contribution in [0.2, 0.25) is 0 Å². The van der Waals surface area contributed by atoms with E-state index in [0.717, 1.165) is 19.4 Å². The first kappa shape index (κ1) is 11.6. The Labute approximate surface area is 97.7 Å². The van der Waals surface area contributed by atoms with Crippen molar-refractivity contribution in [2.75, 3.05) is 13.2 Å². The minimum absolute atomic E-state index is 0.336. The normalized spacial score (nSPS) is 25.6. The van der Waals surface area contributed by atoms with Crippen molar-refractivity contribution in [1.82, 2.24) is 5.32 Å². The van der Waals surface area contributed by atoms with Gasteiger partial charge in [-0.25, -0.2) is 0 Å². The standard InChI is InChI=1S/C14H21NO/c16-9-7-13-6-8-15-14(11-13)10-12-4-2-1-3-5-12/h1-5,13-16H,6-11H2/t13-,14+/m1/s1. The molecular weight excluding hydrogens is 198 g/mol. The van der Waals surface area contributed by atoms with Crippen molar-refractivity contribution in [3.63, 3.8) is 0 Å². The predicted octanol–water partition coefficient (Wildman–Crippen LogP) is 1.98. The maximum absolute atomic E-state index is 8.97. The third-order valence-corrected chi connectivity index (χ3v) is 3.47. The van der Waals surface area contributed by atoms with Crippen molar-refractivity contribution in [1.29, 1.82) is 0 Å². The fourth-order valence-electron chi connectivity index (χ4n) is 2.59. The van der Waals surface area contributed by atoms with Crippen LogP contribution in [0, 0.1) is 5.92 Å². The Kier molecular flexibility index (Phi) is 4.37. The Balaban J connectivity index is 1.85. The lowest BCUT2D eigenvalue weighted by atomic mass is 9.87. The quantitative estimate of drug-likeness (QED) is 0.811. The zero-order valence-electron chi connectivity index (χ0n) is 9.73. The van der Waals surface area contributed by atoms with Crippen LogP contribution < -0.4 is 5.32 Å². The summed E-state index contributed by atoms with van der Waals surface area (Å²) < 4.78 is 0. The summed E-state index contributed by atoms with van der Waals surface area (Å²) in [6, 6.07) is 11.2. The van der Waals surface area contributed by atoms with Crippen LogP contribution in [0.25, 0.3) is 0 Å². The molecule has 1 saturated heterocycles. The highest BCUT2D eigenvalue weighted by atomic mass is 16.3. The third-order valence-electron chi connectivity index (χ3n) is 3.47. The van der Waals surface area contributed by atoms with Gasteiger partial charge in [0, 0.05) is 12.6 Å². The second kappa shape index (κ2) is 6.02. The van der Waals surface area contributed by atoms with E-state index < -0.39 is 0 Å². The van der Waals surface area contributed by atoms with E-state index in [-0.39, 0.29) is 0 Å². The van der Waals surface area contributed by atoms with Crippen molar-refractivity contribution in [2.45, 2.75) is 31.7 Å². The molecule has 0 saturated carbocycles. The van der Waals surface area contributed by atoms with Gasteiger partial charge in [-0.15, -0.1) is 0 Å². The first-order valence-electron chi connectivity index (χ1n) is 6.26. The van der Waals surface area contributed by atoms with Crippen LogP contribution in [0.3, 0.4) is 0 Å². The molecule has 2 heteroatoms. The van der Waals surface area contributed by atoms with E-state index in [1.165, 1.54) is 18.4 Å². The molecule has 16 heavy (non-hydrogen) atoms. The molecule has 88 valence electrons. The second-order valence-electron chi connectivity index (χ2n) is 4.74. The SMILES string of the molecule is OCC[C@H]1CCN[C@@H](Cc2ccccc2)C1. The molecular formula is C14H21NO. The Morgan fingerprint density at radius 1 is 1.25 bits per heavy atom. The van der Waals surface area contributed by atoms with Crippen molar-refractivity contribution >= 4 is 0 Å². The van der Waals surface area contributed by atoms with E-state index in [1.807, 2.05) is 0 Å². The molecule has 1 aliphatic rings. The molecule has 2 N–H and O–H groups in total. The average molecular weight is 219 g/mol. The molecule has 1 aliphatic heterocycles. The molecule has 0 amide bonds. The largest absolute Gasteiger partial charge is 0.396 e. The molecule has 1 aromatic carbocycles. The van der Waals surface area contributed by atoms with E-state index in [0.29, 0.717) is 18.6 Å². The predicted molar refractivity (Wildman–Crippen MR) is 66.4 cm³/mol. The molecule has 0 aliphatic carbocycles. The molecule has 2 nitrogen and oxygen atoms in total. The lowest BCUT2D eigenvalue weighted by molar-refractivity contribution is 0.215. The van der Waals surface area contributed by atoms with Crippen LogP contribution in [0.1, 0.15) is 24.8 Å². The number of rotatable bonds is 4. The molecule has 2 rings (SSSR count). The Hall–Kier alpha value is -0.860. The first-order chi connectivity index (χ1) is 7.88. The van der Waals surface area contributed by atoms with Crippen LogP contribution in [0.4, 0.5) is 0 Å². The summed E-state index contributed by atoms with van der Waals surface area (Å²) in [4.78, 5) is 0. The number of hydrogen-bond acceptors (Lipinski definition) is 2. The average Bonchev–Trinajstić information content (AvgIpc) is 2.31. The summed E-state index contributed by atoms with van der Waals surface area (Å²) >= 11 is 0. The van der Waals surface area contributed by atoms with Crippen molar-refractivity contribution in [2.24, 2.45) is 5.92 Å². The lowest BCUT2D eigenvalue weighted by Crippen LogP contribution is -2.39. The van der Waals surface area contributed by atoms with E-state index in [2.05, 4.69) is 35.6 Å². The van der Waals surface area contributed by atoms with Crippen LogP contribution in [-0.4, -0.2) is 24.3 Å². The fraction of sp³-hybridized carbons (Fsp3) is 0.571. The molecule has 0 unspecified atom stereocenters.